The summed E-state index contributed by atoms with van der Waals surface area (Å²) in [5.41, 5.74) is 1.16. The molecule has 0 aliphatic rings. The number of anilines is 1. The molecular weight excluding hydrogens is 401 g/mol. The maximum absolute atomic E-state index is 12.2. The molecule has 3 aromatic rings. The minimum absolute atomic E-state index is 0.320. The average molecular weight is 420 g/mol. The highest BCUT2D eigenvalue weighted by molar-refractivity contribution is 5.85. The average Bonchev–Trinajstić information content (AvgIpc) is 3.10. The fraction of sp³-hybridized carbons (Fsp3) is 0.250. The van der Waals surface area contributed by atoms with E-state index in [2.05, 4.69) is 20.1 Å². The summed E-state index contributed by atoms with van der Waals surface area (Å²) < 4.78 is 47.2. The van der Waals surface area contributed by atoms with Crippen LogP contribution in [0.5, 0.6) is 5.75 Å². The predicted molar refractivity (Wildman–Crippen MR) is 103 cm³/mol. The number of nitrogens with one attached hydrogen (secondary N) is 1. The number of nitrogens with zero attached hydrogens (tertiary/aromatic N) is 3. The second-order valence-electron chi connectivity index (χ2n) is 7.26. The van der Waals surface area contributed by atoms with Crippen molar-refractivity contribution in [2.45, 2.75) is 32.7 Å². The minimum atomic E-state index is -4.74. The van der Waals surface area contributed by atoms with Crippen LogP contribution in [0.15, 0.2) is 54.9 Å². The van der Waals surface area contributed by atoms with Crippen molar-refractivity contribution in [3.8, 4) is 22.8 Å². The van der Waals surface area contributed by atoms with E-state index in [1.54, 1.807) is 45.0 Å². The van der Waals surface area contributed by atoms with Crippen molar-refractivity contribution in [1.82, 2.24) is 14.8 Å². The molecule has 1 amide bonds. The molecule has 3 rings (SSSR count). The normalized spacial score (nSPS) is 11.8. The van der Waals surface area contributed by atoms with Gasteiger partial charge in [0.25, 0.3) is 0 Å². The van der Waals surface area contributed by atoms with E-state index in [4.69, 9.17) is 4.74 Å². The number of ether oxygens (including phenoxy) is 2. The maximum atomic E-state index is 12.2. The largest absolute Gasteiger partial charge is 0.573 e. The molecule has 0 fully saturated rings. The van der Waals surface area contributed by atoms with Gasteiger partial charge >= 0.3 is 12.5 Å². The molecule has 7 nitrogen and oxygen atoms in total. The molecule has 30 heavy (non-hydrogen) atoms. The summed E-state index contributed by atoms with van der Waals surface area (Å²) in [5.74, 6) is 0.0918. The Morgan fingerprint density at radius 3 is 2.20 bits per heavy atom. The second kappa shape index (κ2) is 8.05. The molecule has 0 aliphatic carbocycles. The van der Waals surface area contributed by atoms with Gasteiger partial charge in [-0.3, -0.25) is 5.32 Å². The minimum Gasteiger partial charge on any atom is -0.444 e. The van der Waals surface area contributed by atoms with E-state index in [0.29, 0.717) is 22.8 Å². The quantitative estimate of drug-likeness (QED) is 0.629. The summed E-state index contributed by atoms with van der Waals surface area (Å²) in [7, 11) is 0. The molecule has 0 aliphatic heterocycles. The molecule has 1 N–H and O–H groups in total. The highest BCUT2D eigenvalue weighted by Gasteiger charge is 2.31. The molecule has 0 unspecified atom stereocenters. The molecule has 0 spiro atoms. The lowest BCUT2D eigenvalue weighted by Gasteiger charge is -2.19. The van der Waals surface area contributed by atoms with Crippen molar-refractivity contribution >= 4 is 11.8 Å². The first kappa shape index (κ1) is 21.2. The van der Waals surface area contributed by atoms with Crippen LogP contribution < -0.4 is 10.1 Å². The van der Waals surface area contributed by atoms with Crippen LogP contribution in [0.4, 0.5) is 23.7 Å². The number of rotatable bonds is 4. The highest BCUT2D eigenvalue weighted by Crippen LogP contribution is 2.24. The Morgan fingerprint density at radius 1 is 1.00 bits per heavy atom. The molecule has 1 heterocycles. The van der Waals surface area contributed by atoms with Crippen LogP contribution in [0.3, 0.4) is 0 Å². The standard InChI is InChI=1S/C20H19F3N4O3/c1-19(2,3)30-18(28)25-14-6-4-13(5-7-14)17-24-12-27(26-17)15-8-10-16(11-9-15)29-20(21,22)23/h4-12H,1-3H3,(H,25,28). The first-order chi connectivity index (χ1) is 14.0. The zero-order chi connectivity index (χ0) is 21.9. The van der Waals surface area contributed by atoms with Gasteiger partial charge in [0.05, 0.1) is 5.69 Å². The first-order valence-corrected chi connectivity index (χ1v) is 8.87. The lowest BCUT2D eigenvalue weighted by Crippen LogP contribution is -2.27. The van der Waals surface area contributed by atoms with Gasteiger partial charge in [0.2, 0.25) is 0 Å². The number of carbonyl (C=O) groups is 1. The Bertz CT molecular complexity index is 1010. The Kier molecular flexibility index (Phi) is 5.68. The van der Waals surface area contributed by atoms with E-state index < -0.39 is 18.1 Å². The van der Waals surface area contributed by atoms with Crippen molar-refractivity contribution in [2.75, 3.05) is 5.32 Å². The van der Waals surface area contributed by atoms with Crippen LogP contribution in [0, 0.1) is 0 Å². The number of alkyl halides is 3. The van der Waals surface area contributed by atoms with Crippen LogP contribution in [-0.4, -0.2) is 32.8 Å². The third-order valence-electron chi connectivity index (χ3n) is 3.62. The van der Waals surface area contributed by atoms with Crippen molar-refractivity contribution < 1.29 is 27.4 Å². The van der Waals surface area contributed by atoms with Gasteiger partial charge < -0.3 is 9.47 Å². The Labute approximate surface area is 170 Å². The summed E-state index contributed by atoms with van der Waals surface area (Å²) in [6.45, 7) is 5.32. The zero-order valence-electron chi connectivity index (χ0n) is 16.4. The van der Waals surface area contributed by atoms with Crippen molar-refractivity contribution in [3.63, 3.8) is 0 Å². The van der Waals surface area contributed by atoms with E-state index in [1.807, 2.05) is 0 Å². The molecule has 0 atom stereocenters. The van der Waals surface area contributed by atoms with Crippen molar-refractivity contribution in [1.29, 1.82) is 0 Å². The van der Waals surface area contributed by atoms with Crippen LogP contribution in [0.25, 0.3) is 17.1 Å². The van der Waals surface area contributed by atoms with E-state index in [9.17, 15) is 18.0 Å². The molecule has 0 saturated carbocycles. The number of benzene rings is 2. The van der Waals surface area contributed by atoms with Crippen molar-refractivity contribution in [3.05, 3.63) is 54.9 Å². The lowest BCUT2D eigenvalue weighted by atomic mass is 10.2. The zero-order valence-corrected chi connectivity index (χ0v) is 16.4. The molecule has 0 saturated heterocycles. The number of hydrogen-bond donors (Lipinski definition) is 1. The number of hydrogen-bond acceptors (Lipinski definition) is 5. The molecule has 0 bridgehead atoms. The van der Waals surface area contributed by atoms with Gasteiger partial charge in [-0.15, -0.1) is 18.3 Å². The third kappa shape index (κ3) is 5.97. The van der Waals surface area contributed by atoms with Crippen LogP contribution in [-0.2, 0) is 4.74 Å². The topological polar surface area (TPSA) is 78.3 Å². The van der Waals surface area contributed by atoms with Gasteiger partial charge in [0.1, 0.15) is 17.7 Å². The number of amides is 1. The van der Waals surface area contributed by atoms with E-state index in [0.717, 1.165) is 0 Å². The summed E-state index contributed by atoms with van der Waals surface area (Å²) in [5, 5.41) is 6.96. The Balaban J connectivity index is 1.68. The van der Waals surface area contributed by atoms with Gasteiger partial charge in [-0.05, 0) is 69.3 Å². The molecule has 2 aromatic carbocycles. The summed E-state index contributed by atoms with van der Waals surface area (Å²) in [6.07, 6.45) is -3.86. The number of aromatic nitrogens is 3. The van der Waals surface area contributed by atoms with Gasteiger partial charge in [-0.25, -0.2) is 14.5 Å². The summed E-state index contributed by atoms with van der Waals surface area (Å²) >= 11 is 0. The highest BCUT2D eigenvalue weighted by atomic mass is 19.4. The second-order valence-corrected chi connectivity index (χ2v) is 7.26. The van der Waals surface area contributed by atoms with Gasteiger partial charge in [-0.2, -0.15) is 0 Å². The van der Waals surface area contributed by atoms with Gasteiger partial charge in [-0.1, -0.05) is 0 Å². The number of carbonyl (C=O) groups excluding carboxylic acids is 1. The molecule has 1 aromatic heterocycles. The smallest absolute Gasteiger partial charge is 0.444 e. The van der Waals surface area contributed by atoms with E-state index in [1.165, 1.54) is 35.3 Å². The SMILES string of the molecule is CC(C)(C)OC(=O)Nc1ccc(-c2ncn(-c3ccc(OC(F)(F)F)cc3)n2)cc1. The van der Waals surface area contributed by atoms with Crippen LogP contribution in [0.2, 0.25) is 0 Å². The van der Waals surface area contributed by atoms with Crippen LogP contribution >= 0.6 is 0 Å². The van der Waals surface area contributed by atoms with Gasteiger partial charge in [0, 0.05) is 11.3 Å². The fourth-order valence-corrected chi connectivity index (χ4v) is 2.44. The Hall–Kier alpha value is -3.56. The molecular formula is C20H19F3N4O3. The lowest BCUT2D eigenvalue weighted by molar-refractivity contribution is -0.274. The molecule has 0 radical (unpaired) electrons. The predicted octanol–water partition coefficient (Wildman–Crippen LogP) is 5.18. The Morgan fingerprint density at radius 2 is 1.63 bits per heavy atom. The maximum Gasteiger partial charge on any atom is 0.573 e. The summed E-state index contributed by atoms with van der Waals surface area (Å²) in [4.78, 5) is 16.0. The number of halogens is 3. The van der Waals surface area contributed by atoms with Crippen LogP contribution in [0.1, 0.15) is 20.8 Å². The first-order valence-electron chi connectivity index (χ1n) is 8.87. The van der Waals surface area contributed by atoms with E-state index in [-0.39, 0.29) is 5.75 Å². The van der Waals surface area contributed by atoms with Crippen molar-refractivity contribution in [2.24, 2.45) is 0 Å². The monoisotopic (exact) mass is 420 g/mol. The van der Waals surface area contributed by atoms with Gasteiger partial charge in [0.15, 0.2) is 5.82 Å². The third-order valence-corrected chi connectivity index (χ3v) is 3.62. The summed E-state index contributed by atoms with van der Waals surface area (Å²) in [6, 6.07) is 12.1. The fourth-order valence-electron chi connectivity index (χ4n) is 2.44. The molecule has 158 valence electrons. The molecule has 10 heteroatoms. The van der Waals surface area contributed by atoms with E-state index >= 15 is 0 Å².